The smallest absolute Gasteiger partial charge is 0.316 e. The van der Waals surface area contributed by atoms with E-state index >= 15 is 0 Å². The molecule has 0 aromatic heterocycles. The molecule has 68 valence electrons. The minimum Gasteiger partial charge on any atom is -0.481 e. The van der Waals surface area contributed by atoms with Gasteiger partial charge in [0.1, 0.15) is 5.92 Å². The van der Waals surface area contributed by atoms with E-state index in [9.17, 15) is 9.59 Å². The normalized spacial score (nSPS) is 28.6. The van der Waals surface area contributed by atoms with E-state index in [4.69, 9.17) is 5.11 Å². The minimum atomic E-state index is -0.997. The second kappa shape index (κ2) is 3.56. The average Bonchev–Trinajstić information content (AvgIpc) is 2.32. The molecular weight excluding hydrogens is 158 g/mol. The van der Waals surface area contributed by atoms with Gasteiger partial charge in [-0.25, -0.2) is 0 Å². The van der Waals surface area contributed by atoms with Gasteiger partial charge in [0.2, 0.25) is 5.91 Å². The van der Waals surface area contributed by atoms with E-state index < -0.39 is 11.9 Å². The summed E-state index contributed by atoms with van der Waals surface area (Å²) in [5.41, 5.74) is 0. The first-order valence-corrected chi connectivity index (χ1v) is 4.17. The largest absolute Gasteiger partial charge is 0.481 e. The molecule has 1 amide bonds. The molecule has 1 fully saturated rings. The number of hydrogen-bond donors (Lipinski definition) is 2. The van der Waals surface area contributed by atoms with E-state index in [1.54, 1.807) is 0 Å². The molecule has 4 nitrogen and oxygen atoms in total. The van der Waals surface area contributed by atoms with Gasteiger partial charge >= 0.3 is 5.97 Å². The summed E-state index contributed by atoms with van der Waals surface area (Å²) in [4.78, 5) is 21.6. The molecule has 0 radical (unpaired) electrons. The molecule has 12 heavy (non-hydrogen) atoms. The number of nitrogens with one attached hydrogen (secondary N) is 1. The highest BCUT2D eigenvalue weighted by molar-refractivity contribution is 5.98. The molecule has 1 rings (SSSR count). The van der Waals surface area contributed by atoms with E-state index in [2.05, 4.69) is 5.32 Å². The first-order chi connectivity index (χ1) is 5.66. The predicted octanol–water partition coefficient (Wildman–Crippen LogP) is 0.233. The van der Waals surface area contributed by atoms with Gasteiger partial charge < -0.3 is 10.4 Å². The molecule has 2 unspecified atom stereocenters. The average molecular weight is 171 g/mol. The molecular formula is C8H13NO3. The standard InChI is InChI=1S/C8H13NO3/c1-2-3-5-4-9-7(10)6(5)8(11)12/h5-6H,2-4H2,1H3,(H,9,10)(H,11,12). The molecule has 2 atom stereocenters. The van der Waals surface area contributed by atoms with Crippen molar-refractivity contribution in [3.8, 4) is 0 Å². The van der Waals surface area contributed by atoms with Crippen LogP contribution in [-0.4, -0.2) is 23.5 Å². The fourth-order valence-electron chi connectivity index (χ4n) is 1.63. The molecule has 4 heteroatoms. The molecule has 0 bridgehead atoms. The van der Waals surface area contributed by atoms with E-state index in [1.165, 1.54) is 0 Å². The molecule has 0 saturated carbocycles. The van der Waals surface area contributed by atoms with E-state index in [0.717, 1.165) is 12.8 Å². The first kappa shape index (κ1) is 9.03. The number of amides is 1. The van der Waals surface area contributed by atoms with Crippen LogP contribution in [0.25, 0.3) is 0 Å². The summed E-state index contributed by atoms with van der Waals surface area (Å²) in [5, 5.41) is 11.3. The Bertz CT molecular complexity index is 202. The molecule has 0 aromatic rings. The molecule has 1 aliphatic heterocycles. The summed E-state index contributed by atoms with van der Waals surface area (Å²) < 4.78 is 0. The van der Waals surface area contributed by atoms with Crippen molar-refractivity contribution < 1.29 is 14.7 Å². The number of aliphatic carboxylic acids is 1. The van der Waals surface area contributed by atoms with Gasteiger partial charge in [0.15, 0.2) is 0 Å². The van der Waals surface area contributed by atoms with Crippen molar-refractivity contribution in [1.82, 2.24) is 5.32 Å². The molecule has 0 spiro atoms. The quantitative estimate of drug-likeness (QED) is 0.597. The van der Waals surface area contributed by atoms with Gasteiger partial charge in [0.05, 0.1) is 0 Å². The number of carboxylic acids is 1. The Hall–Kier alpha value is -1.06. The van der Waals surface area contributed by atoms with Crippen LogP contribution in [0.2, 0.25) is 0 Å². The first-order valence-electron chi connectivity index (χ1n) is 4.17. The SMILES string of the molecule is CCCC1CNC(=O)C1C(=O)O. The number of rotatable bonds is 3. The van der Waals surface area contributed by atoms with Crippen molar-refractivity contribution >= 4 is 11.9 Å². The zero-order valence-electron chi connectivity index (χ0n) is 7.04. The highest BCUT2D eigenvalue weighted by Gasteiger charge is 2.39. The van der Waals surface area contributed by atoms with Gasteiger partial charge in [-0.05, 0) is 12.3 Å². The number of carboxylic acid groups (broad SMARTS) is 1. The van der Waals surface area contributed by atoms with Gasteiger partial charge in [-0.3, -0.25) is 9.59 Å². The second-order valence-electron chi connectivity index (χ2n) is 3.11. The Kier molecular flexibility index (Phi) is 2.68. The van der Waals surface area contributed by atoms with Crippen LogP contribution < -0.4 is 5.32 Å². The van der Waals surface area contributed by atoms with Crippen LogP contribution in [-0.2, 0) is 9.59 Å². The van der Waals surface area contributed by atoms with Crippen molar-refractivity contribution in [3.05, 3.63) is 0 Å². The van der Waals surface area contributed by atoms with E-state index in [0.29, 0.717) is 6.54 Å². The van der Waals surface area contributed by atoms with Crippen LogP contribution in [0.3, 0.4) is 0 Å². The second-order valence-corrected chi connectivity index (χ2v) is 3.11. The summed E-state index contributed by atoms with van der Waals surface area (Å²) in [6.45, 7) is 2.51. The third-order valence-corrected chi connectivity index (χ3v) is 2.22. The van der Waals surface area contributed by atoms with Crippen molar-refractivity contribution in [3.63, 3.8) is 0 Å². The number of carbonyl (C=O) groups excluding carboxylic acids is 1. The maximum Gasteiger partial charge on any atom is 0.316 e. The minimum absolute atomic E-state index is 0.0139. The van der Waals surface area contributed by atoms with Gasteiger partial charge in [-0.2, -0.15) is 0 Å². The third kappa shape index (κ3) is 1.57. The zero-order valence-corrected chi connectivity index (χ0v) is 7.04. The van der Waals surface area contributed by atoms with Gasteiger partial charge in [-0.1, -0.05) is 13.3 Å². The molecule has 2 N–H and O–H groups in total. The lowest BCUT2D eigenvalue weighted by Crippen LogP contribution is -2.27. The zero-order chi connectivity index (χ0) is 9.14. The van der Waals surface area contributed by atoms with Crippen LogP contribution in [0, 0.1) is 11.8 Å². The fourth-order valence-corrected chi connectivity index (χ4v) is 1.63. The maximum atomic E-state index is 11.0. The molecule has 1 aliphatic rings. The summed E-state index contributed by atoms with van der Waals surface area (Å²) in [5.74, 6) is -2.16. The van der Waals surface area contributed by atoms with Crippen LogP contribution in [0.15, 0.2) is 0 Å². The molecule has 0 aromatic carbocycles. The molecule has 1 heterocycles. The van der Waals surface area contributed by atoms with E-state index in [-0.39, 0.29) is 11.8 Å². The van der Waals surface area contributed by atoms with Crippen LogP contribution >= 0.6 is 0 Å². The molecule has 0 aliphatic carbocycles. The summed E-state index contributed by atoms with van der Waals surface area (Å²) in [6, 6.07) is 0. The van der Waals surface area contributed by atoms with Gasteiger partial charge in [0.25, 0.3) is 0 Å². The van der Waals surface area contributed by atoms with Crippen LogP contribution in [0.4, 0.5) is 0 Å². The number of hydrogen-bond acceptors (Lipinski definition) is 2. The lowest BCUT2D eigenvalue weighted by Gasteiger charge is -2.10. The molecule has 1 saturated heterocycles. The highest BCUT2D eigenvalue weighted by Crippen LogP contribution is 2.22. The van der Waals surface area contributed by atoms with Crippen LogP contribution in [0.1, 0.15) is 19.8 Å². The summed E-state index contributed by atoms with van der Waals surface area (Å²) >= 11 is 0. The van der Waals surface area contributed by atoms with E-state index in [1.807, 2.05) is 6.92 Å². The topological polar surface area (TPSA) is 66.4 Å². The summed E-state index contributed by atoms with van der Waals surface area (Å²) in [7, 11) is 0. The Labute approximate surface area is 71.0 Å². The van der Waals surface area contributed by atoms with Crippen molar-refractivity contribution in [1.29, 1.82) is 0 Å². The fraction of sp³-hybridized carbons (Fsp3) is 0.750. The van der Waals surface area contributed by atoms with Crippen molar-refractivity contribution in [2.75, 3.05) is 6.54 Å². The van der Waals surface area contributed by atoms with Crippen molar-refractivity contribution in [2.24, 2.45) is 11.8 Å². The maximum absolute atomic E-state index is 11.0. The van der Waals surface area contributed by atoms with Crippen LogP contribution in [0.5, 0.6) is 0 Å². The van der Waals surface area contributed by atoms with Gasteiger partial charge in [0, 0.05) is 6.54 Å². The Morgan fingerprint density at radius 2 is 2.42 bits per heavy atom. The lowest BCUT2D eigenvalue weighted by atomic mass is 9.92. The highest BCUT2D eigenvalue weighted by atomic mass is 16.4. The van der Waals surface area contributed by atoms with Crippen molar-refractivity contribution in [2.45, 2.75) is 19.8 Å². The van der Waals surface area contributed by atoms with Gasteiger partial charge in [-0.15, -0.1) is 0 Å². The monoisotopic (exact) mass is 171 g/mol. The Morgan fingerprint density at radius 1 is 1.75 bits per heavy atom. The lowest BCUT2D eigenvalue weighted by molar-refractivity contribution is -0.146. The number of carbonyl (C=O) groups is 2. The predicted molar refractivity (Wildman–Crippen MR) is 42.5 cm³/mol. The Morgan fingerprint density at radius 3 is 2.92 bits per heavy atom. The summed E-state index contributed by atoms with van der Waals surface area (Å²) in [6.07, 6.45) is 1.72. The Balaban J connectivity index is 2.63. The third-order valence-electron chi connectivity index (χ3n) is 2.22.